The van der Waals surface area contributed by atoms with Crippen LogP contribution in [0.5, 0.6) is 0 Å². The molecule has 0 aromatic heterocycles. The smallest absolute Gasteiger partial charge is 0.0138 e. The van der Waals surface area contributed by atoms with E-state index in [0.29, 0.717) is 12.1 Å². The third kappa shape index (κ3) is 2.84. The van der Waals surface area contributed by atoms with Crippen molar-refractivity contribution in [2.75, 3.05) is 0 Å². The molecule has 1 heteroatoms. The van der Waals surface area contributed by atoms with Crippen molar-refractivity contribution in [2.45, 2.75) is 65.1 Å². The molecule has 0 aromatic carbocycles. The van der Waals surface area contributed by atoms with Gasteiger partial charge in [-0.2, -0.15) is 0 Å². The van der Waals surface area contributed by atoms with Crippen molar-refractivity contribution in [1.82, 2.24) is 4.90 Å². The van der Waals surface area contributed by atoms with E-state index in [1.54, 1.807) is 0 Å². The average Bonchev–Trinajstić information content (AvgIpc) is 2.04. The summed E-state index contributed by atoms with van der Waals surface area (Å²) < 4.78 is 0. The molecule has 0 aromatic rings. The fraction of sp³-hybridized carbons (Fsp3) is 0.833. The lowest BCUT2D eigenvalue weighted by atomic mass is 9.98. The van der Waals surface area contributed by atoms with E-state index in [0.717, 1.165) is 6.04 Å². The number of nitrogens with zero attached hydrogens (tertiary/aromatic N) is 1. The van der Waals surface area contributed by atoms with E-state index >= 15 is 0 Å². The molecule has 1 atom stereocenters. The molecule has 0 saturated carbocycles. The third-order valence-electron chi connectivity index (χ3n) is 2.86. The maximum atomic E-state index is 2.64. The van der Waals surface area contributed by atoms with Crippen LogP contribution in [-0.2, 0) is 0 Å². The van der Waals surface area contributed by atoms with Gasteiger partial charge in [0.05, 0.1) is 0 Å². The molecule has 0 N–H and O–H groups in total. The van der Waals surface area contributed by atoms with Crippen LogP contribution < -0.4 is 0 Å². The van der Waals surface area contributed by atoms with Crippen molar-refractivity contribution < 1.29 is 0 Å². The lowest BCUT2D eigenvalue weighted by Crippen LogP contribution is -2.45. The van der Waals surface area contributed by atoms with Crippen molar-refractivity contribution in [3.05, 3.63) is 12.2 Å². The van der Waals surface area contributed by atoms with Crippen molar-refractivity contribution in [3.8, 4) is 0 Å². The zero-order valence-electron chi connectivity index (χ0n) is 9.46. The normalized spacial score (nSPS) is 23.5. The maximum absolute atomic E-state index is 2.64. The molecule has 0 fully saturated rings. The van der Waals surface area contributed by atoms with E-state index < -0.39 is 0 Å². The van der Waals surface area contributed by atoms with Gasteiger partial charge in [0.25, 0.3) is 0 Å². The van der Waals surface area contributed by atoms with Gasteiger partial charge in [-0.1, -0.05) is 12.2 Å². The Bertz CT molecular complexity index is 162. The van der Waals surface area contributed by atoms with Gasteiger partial charge in [0.1, 0.15) is 0 Å². The van der Waals surface area contributed by atoms with Crippen LogP contribution in [0, 0.1) is 0 Å². The number of hydrogen-bond donors (Lipinski definition) is 0. The summed E-state index contributed by atoms with van der Waals surface area (Å²) in [7, 11) is 0. The Morgan fingerprint density at radius 3 is 2.08 bits per heavy atom. The summed E-state index contributed by atoms with van der Waals surface area (Å²) in [4.78, 5) is 2.64. The molecule has 0 saturated heterocycles. The largest absolute Gasteiger partial charge is 0.295 e. The van der Waals surface area contributed by atoms with E-state index in [4.69, 9.17) is 0 Å². The average molecular weight is 181 g/mol. The summed E-state index contributed by atoms with van der Waals surface area (Å²) in [5.41, 5.74) is 0. The van der Waals surface area contributed by atoms with Crippen molar-refractivity contribution in [3.63, 3.8) is 0 Å². The Morgan fingerprint density at radius 1 is 1.08 bits per heavy atom. The summed E-state index contributed by atoms with van der Waals surface area (Å²) in [5, 5.41) is 0. The van der Waals surface area contributed by atoms with Gasteiger partial charge < -0.3 is 0 Å². The molecule has 0 aliphatic heterocycles. The highest BCUT2D eigenvalue weighted by molar-refractivity contribution is 4.95. The molecule has 1 nitrogen and oxygen atoms in total. The minimum Gasteiger partial charge on any atom is -0.295 e. The Morgan fingerprint density at radius 2 is 1.69 bits per heavy atom. The summed E-state index contributed by atoms with van der Waals surface area (Å²) in [6, 6.07) is 2.14. The van der Waals surface area contributed by atoms with Gasteiger partial charge in [-0.3, -0.25) is 4.90 Å². The lowest BCUT2D eigenvalue weighted by Gasteiger charge is -2.39. The molecule has 13 heavy (non-hydrogen) atoms. The molecule has 1 aliphatic rings. The highest BCUT2D eigenvalue weighted by Gasteiger charge is 2.23. The van der Waals surface area contributed by atoms with E-state index in [-0.39, 0.29) is 0 Å². The molecule has 76 valence electrons. The molecule has 0 spiro atoms. The molecule has 1 rings (SSSR count). The quantitative estimate of drug-likeness (QED) is 0.604. The lowest BCUT2D eigenvalue weighted by molar-refractivity contribution is 0.105. The summed E-state index contributed by atoms with van der Waals surface area (Å²) in [6.45, 7) is 9.22. The standard InChI is InChI=1S/C12H23N/c1-10(2)13(11(3)4)12-8-6-5-7-9-12/h5-6,10-12H,7-9H2,1-4H3. The first kappa shape index (κ1) is 10.8. The van der Waals surface area contributed by atoms with Crippen LogP contribution in [0.1, 0.15) is 47.0 Å². The predicted octanol–water partition coefficient (Wildman–Crippen LogP) is 3.21. The number of allylic oxidation sites excluding steroid dienone is 1. The van der Waals surface area contributed by atoms with Crippen LogP contribution in [0.3, 0.4) is 0 Å². The first-order chi connectivity index (χ1) is 6.13. The Kier molecular flexibility index (Phi) is 3.98. The fourth-order valence-corrected chi connectivity index (χ4v) is 2.49. The zero-order chi connectivity index (χ0) is 9.84. The Labute approximate surface area is 82.8 Å². The minimum atomic E-state index is 0.677. The second-order valence-corrected chi connectivity index (χ2v) is 4.57. The van der Waals surface area contributed by atoms with E-state index in [1.807, 2.05) is 0 Å². The van der Waals surface area contributed by atoms with Gasteiger partial charge in [-0.05, 0) is 47.0 Å². The van der Waals surface area contributed by atoms with Gasteiger partial charge in [-0.25, -0.2) is 0 Å². The number of hydrogen-bond acceptors (Lipinski definition) is 1. The summed E-state index contributed by atoms with van der Waals surface area (Å²) in [6.07, 6.45) is 8.51. The van der Waals surface area contributed by atoms with E-state index in [9.17, 15) is 0 Å². The third-order valence-corrected chi connectivity index (χ3v) is 2.86. The molecule has 0 amide bonds. The monoisotopic (exact) mass is 181 g/mol. The zero-order valence-corrected chi connectivity index (χ0v) is 9.46. The molecule has 0 heterocycles. The van der Waals surface area contributed by atoms with Crippen LogP contribution >= 0.6 is 0 Å². The second kappa shape index (κ2) is 4.80. The van der Waals surface area contributed by atoms with Gasteiger partial charge >= 0.3 is 0 Å². The first-order valence-electron chi connectivity index (χ1n) is 5.55. The molecular formula is C12H23N. The highest BCUT2D eigenvalue weighted by atomic mass is 15.2. The summed E-state index contributed by atoms with van der Waals surface area (Å²) >= 11 is 0. The Balaban J connectivity index is 2.58. The molecule has 1 unspecified atom stereocenters. The topological polar surface area (TPSA) is 3.24 Å². The molecule has 0 bridgehead atoms. The fourth-order valence-electron chi connectivity index (χ4n) is 2.49. The highest BCUT2D eigenvalue weighted by Crippen LogP contribution is 2.21. The van der Waals surface area contributed by atoms with Crippen LogP contribution in [0.4, 0.5) is 0 Å². The maximum Gasteiger partial charge on any atom is 0.0138 e. The minimum absolute atomic E-state index is 0.677. The molecule has 1 aliphatic carbocycles. The van der Waals surface area contributed by atoms with E-state index in [2.05, 4.69) is 44.7 Å². The first-order valence-corrected chi connectivity index (χ1v) is 5.55. The van der Waals surface area contributed by atoms with E-state index in [1.165, 1.54) is 19.3 Å². The van der Waals surface area contributed by atoms with Crippen LogP contribution in [0.15, 0.2) is 12.2 Å². The van der Waals surface area contributed by atoms with Crippen LogP contribution in [-0.4, -0.2) is 23.0 Å². The van der Waals surface area contributed by atoms with Gasteiger partial charge in [0.15, 0.2) is 0 Å². The summed E-state index contributed by atoms with van der Waals surface area (Å²) in [5.74, 6) is 0. The van der Waals surface area contributed by atoms with Gasteiger partial charge in [0.2, 0.25) is 0 Å². The van der Waals surface area contributed by atoms with Crippen molar-refractivity contribution in [1.29, 1.82) is 0 Å². The van der Waals surface area contributed by atoms with Crippen LogP contribution in [0.25, 0.3) is 0 Å². The van der Waals surface area contributed by atoms with Crippen LogP contribution in [0.2, 0.25) is 0 Å². The second-order valence-electron chi connectivity index (χ2n) is 4.57. The molecular weight excluding hydrogens is 158 g/mol. The predicted molar refractivity (Wildman–Crippen MR) is 58.9 cm³/mol. The SMILES string of the molecule is CC(C)N(C(C)C)C1CC=CCC1. The molecule has 0 radical (unpaired) electrons. The number of rotatable bonds is 3. The Hall–Kier alpha value is -0.300. The van der Waals surface area contributed by atoms with Crippen molar-refractivity contribution >= 4 is 0 Å². The van der Waals surface area contributed by atoms with Crippen molar-refractivity contribution in [2.24, 2.45) is 0 Å². The van der Waals surface area contributed by atoms with Gasteiger partial charge in [0, 0.05) is 18.1 Å². The van der Waals surface area contributed by atoms with Gasteiger partial charge in [-0.15, -0.1) is 0 Å².